The Hall–Kier alpha value is -2.34. The lowest BCUT2D eigenvalue weighted by Crippen LogP contribution is -2.25. The maximum Gasteiger partial charge on any atom is 0.303 e. The van der Waals surface area contributed by atoms with Gasteiger partial charge in [0.1, 0.15) is 5.75 Å². The summed E-state index contributed by atoms with van der Waals surface area (Å²) < 4.78 is 6.07. The number of carboxylic acids is 1. The SMILES string of the molecule is COc1ccc(CN(CCCCCC(=O)O)c2ccc(Br)cc2C=O)cc1. The van der Waals surface area contributed by atoms with Crippen LogP contribution >= 0.6 is 15.9 Å². The van der Waals surface area contributed by atoms with Crippen molar-refractivity contribution >= 4 is 33.9 Å². The monoisotopic (exact) mass is 433 g/mol. The van der Waals surface area contributed by atoms with Gasteiger partial charge in [0.05, 0.1) is 7.11 Å². The number of aldehydes is 1. The maximum atomic E-state index is 11.5. The molecule has 0 aliphatic rings. The minimum Gasteiger partial charge on any atom is -0.497 e. The lowest BCUT2D eigenvalue weighted by atomic mass is 10.1. The molecule has 0 atom stereocenters. The highest BCUT2D eigenvalue weighted by molar-refractivity contribution is 9.10. The van der Waals surface area contributed by atoms with Crippen molar-refractivity contribution in [3.8, 4) is 5.75 Å². The number of carbonyl (C=O) groups excluding carboxylic acids is 1. The van der Waals surface area contributed by atoms with E-state index in [-0.39, 0.29) is 6.42 Å². The molecule has 0 saturated carbocycles. The van der Waals surface area contributed by atoms with Crippen LogP contribution in [0.3, 0.4) is 0 Å². The normalized spacial score (nSPS) is 10.4. The van der Waals surface area contributed by atoms with Crippen LogP contribution in [0.25, 0.3) is 0 Å². The number of unbranched alkanes of at least 4 members (excludes halogenated alkanes) is 2. The van der Waals surface area contributed by atoms with E-state index < -0.39 is 5.97 Å². The van der Waals surface area contributed by atoms with Crippen LogP contribution in [-0.4, -0.2) is 31.0 Å². The van der Waals surface area contributed by atoms with Gasteiger partial charge in [-0.2, -0.15) is 0 Å². The Morgan fingerprint density at radius 1 is 1.15 bits per heavy atom. The molecule has 0 bridgehead atoms. The predicted molar refractivity (Wildman–Crippen MR) is 110 cm³/mol. The molecule has 0 aliphatic heterocycles. The molecular formula is C21H24BrNO4. The first kappa shape index (κ1) is 21.0. The van der Waals surface area contributed by atoms with E-state index in [4.69, 9.17) is 9.84 Å². The Morgan fingerprint density at radius 2 is 1.89 bits per heavy atom. The summed E-state index contributed by atoms with van der Waals surface area (Å²) in [6, 6.07) is 13.5. The van der Waals surface area contributed by atoms with Gasteiger partial charge in [-0.05, 0) is 48.7 Å². The molecule has 6 heteroatoms. The molecule has 0 spiro atoms. The molecule has 0 radical (unpaired) electrons. The van der Waals surface area contributed by atoms with E-state index in [0.717, 1.165) is 47.1 Å². The predicted octanol–water partition coefficient (Wildman–Crippen LogP) is 4.92. The molecule has 1 N–H and O–H groups in total. The number of anilines is 1. The van der Waals surface area contributed by atoms with Crippen molar-refractivity contribution in [1.82, 2.24) is 0 Å². The Balaban J connectivity index is 2.14. The third-order valence-corrected chi connectivity index (χ3v) is 4.80. The van der Waals surface area contributed by atoms with Crippen molar-refractivity contribution in [3.63, 3.8) is 0 Å². The van der Waals surface area contributed by atoms with E-state index in [1.165, 1.54) is 0 Å². The Labute approximate surface area is 168 Å². The van der Waals surface area contributed by atoms with Gasteiger partial charge in [0.25, 0.3) is 0 Å². The fraction of sp³-hybridized carbons (Fsp3) is 0.333. The number of nitrogens with zero attached hydrogens (tertiary/aromatic N) is 1. The molecule has 0 heterocycles. The van der Waals surface area contributed by atoms with E-state index in [0.29, 0.717) is 18.5 Å². The van der Waals surface area contributed by atoms with Gasteiger partial charge in [-0.25, -0.2) is 0 Å². The summed E-state index contributed by atoms with van der Waals surface area (Å²) in [5, 5.41) is 8.77. The maximum absolute atomic E-state index is 11.5. The van der Waals surface area contributed by atoms with Crippen LogP contribution in [-0.2, 0) is 11.3 Å². The second-order valence-electron chi connectivity index (χ2n) is 6.30. The third-order valence-electron chi connectivity index (χ3n) is 4.31. The van der Waals surface area contributed by atoms with Crippen LogP contribution < -0.4 is 9.64 Å². The summed E-state index contributed by atoms with van der Waals surface area (Å²) in [6.45, 7) is 1.40. The molecule has 0 aromatic heterocycles. The number of benzene rings is 2. The third kappa shape index (κ3) is 6.71. The number of aliphatic carboxylic acids is 1. The van der Waals surface area contributed by atoms with Crippen molar-refractivity contribution < 1.29 is 19.4 Å². The fourth-order valence-corrected chi connectivity index (χ4v) is 3.28. The molecular weight excluding hydrogens is 410 g/mol. The highest BCUT2D eigenvalue weighted by Crippen LogP contribution is 2.26. The van der Waals surface area contributed by atoms with Crippen molar-refractivity contribution in [2.24, 2.45) is 0 Å². The second-order valence-corrected chi connectivity index (χ2v) is 7.21. The Morgan fingerprint density at radius 3 is 2.52 bits per heavy atom. The largest absolute Gasteiger partial charge is 0.497 e. The second kappa shape index (κ2) is 10.7. The summed E-state index contributed by atoms with van der Waals surface area (Å²) in [5.74, 6) is 0.0393. The van der Waals surface area contributed by atoms with Crippen LogP contribution in [0.2, 0.25) is 0 Å². The van der Waals surface area contributed by atoms with Gasteiger partial charge in [0.15, 0.2) is 6.29 Å². The highest BCUT2D eigenvalue weighted by atomic mass is 79.9. The zero-order valence-electron chi connectivity index (χ0n) is 15.4. The molecule has 0 unspecified atom stereocenters. The molecule has 144 valence electrons. The molecule has 5 nitrogen and oxygen atoms in total. The van der Waals surface area contributed by atoms with Crippen molar-refractivity contribution in [1.29, 1.82) is 0 Å². The molecule has 27 heavy (non-hydrogen) atoms. The molecule has 0 saturated heterocycles. The Kier molecular flexibility index (Phi) is 8.33. The zero-order valence-corrected chi connectivity index (χ0v) is 16.9. The van der Waals surface area contributed by atoms with E-state index in [2.05, 4.69) is 20.8 Å². The summed E-state index contributed by atoms with van der Waals surface area (Å²) in [4.78, 5) is 24.4. The average Bonchev–Trinajstić information content (AvgIpc) is 2.67. The average molecular weight is 434 g/mol. The number of methoxy groups -OCH3 is 1. The van der Waals surface area contributed by atoms with Gasteiger partial charge in [-0.1, -0.05) is 34.5 Å². The smallest absolute Gasteiger partial charge is 0.303 e. The number of hydrogen-bond donors (Lipinski definition) is 1. The fourth-order valence-electron chi connectivity index (χ4n) is 2.90. The highest BCUT2D eigenvalue weighted by Gasteiger charge is 2.13. The standard InChI is InChI=1S/C21H24BrNO4/c1-27-19-9-6-16(7-10-19)14-23(12-4-2-3-5-21(25)26)20-11-8-18(22)13-17(20)15-24/h6-11,13,15H,2-5,12,14H2,1H3,(H,25,26). The molecule has 0 fully saturated rings. The van der Waals surface area contributed by atoms with Gasteiger partial charge in [0, 0.05) is 35.2 Å². The number of carbonyl (C=O) groups is 2. The molecule has 0 amide bonds. The van der Waals surface area contributed by atoms with Gasteiger partial charge >= 0.3 is 5.97 Å². The summed E-state index contributed by atoms with van der Waals surface area (Å²) in [6.07, 6.45) is 3.41. The number of ether oxygens (including phenoxy) is 1. The minimum absolute atomic E-state index is 0.191. The van der Waals surface area contributed by atoms with Crippen LogP contribution in [0, 0.1) is 0 Å². The first-order chi connectivity index (χ1) is 13.0. The summed E-state index contributed by atoms with van der Waals surface area (Å²) >= 11 is 3.41. The Bertz CT molecular complexity index is 761. The van der Waals surface area contributed by atoms with Gasteiger partial charge < -0.3 is 14.7 Å². The molecule has 2 rings (SSSR count). The van der Waals surface area contributed by atoms with Crippen molar-refractivity contribution in [3.05, 3.63) is 58.1 Å². The van der Waals surface area contributed by atoms with E-state index in [1.807, 2.05) is 42.5 Å². The number of rotatable bonds is 11. The zero-order chi connectivity index (χ0) is 19.6. The van der Waals surface area contributed by atoms with Gasteiger partial charge in [-0.15, -0.1) is 0 Å². The lowest BCUT2D eigenvalue weighted by molar-refractivity contribution is -0.137. The van der Waals surface area contributed by atoms with Gasteiger partial charge in [0.2, 0.25) is 0 Å². The van der Waals surface area contributed by atoms with Gasteiger partial charge in [-0.3, -0.25) is 9.59 Å². The lowest BCUT2D eigenvalue weighted by Gasteiger charge is -2.26. The van der Waals surface area contributed by atoms with Crippen LogP contribution in [0.4, 0.5) is 5.69 Å². The van der Waals surface area contributed by atoms with Crippen molar-refractivity contribution in [2.45, 2.75) is 32.2 Å². The van der Waals surface area contributed by atoms with E-state index in [9.17, 15) is 9.59 Å². The first-order valence-electron chi connectivity index (χ1n) is 8.88. The van der Waals surface area contributed by atoms with Crippen LogP contribution in [0.15, 0.2) is 46.9 Å². The number of hydrogen-bond acceptors (Lipinski definition) is 4. The van der Waals surface area contributed by atoms with E-state index >= 15 is 0 Å². The minimum atomic E-state index is -0.763. The molecule has 2 aromatic carbocycles. The summed E-state index contributed by atoms with van der Waals surface area (Å²) in [5.41, 5.74) is 2.62. The quantitative estimate of drug-likeness (QED) is 0.402. The van der Waals surface area contributed by atoms with Crippen LogP contribution in [0.5, 0.6) is 5.75 Å². The first-order valence-corrected chi connectivity index (χ1v) is 9.67. The molecule has 2 aromatic rings. The van der Waals surface area contributed by atoms with Crippen LogP contribution in [0.1, 0.15) is 41.6 Å². The van der Waals surface area contributed by atoms with Crippen molar-refractivity contribution in [2.75, 3.05) is 18.6 Å². The number of halogens is 1. The number of carboxylic acid groups (broad SMARTS) is 1. The van der Waals surface area contributed by atoms with E-state index in [1.54, 1.807) is 7.11 Å². The molecule has 0 aliphatic carbocycles. The summed E-state index contributed by atoms with van der Waals surface area (Å²) in [7, 11) is 1.64. The topological polar surface area (TPSA) is 66.8 Å².